The zero-order valence-electron chi connectivity index (χ0n) is 32.4. The van der Waals surface area contributed by atoms with Crippen molar-refractivity contribution in [2.45, 2.75) is 130 Å². The molecule has 0 spiro atoms. The second-order valence-corrected chi connectivity index (χ2v) is 18.5. The van der Waals surface area contributed by atoms with Crippen molar-refractivity contribution >= 4 is 68.1 Å². The molecule has 0 saturated heterocycles. The maximum Gasteiger partial charge on any atom is 0.261 e. The number of benzene rings is 1. The highest BCUT2D eigenvalue weighted by Crippen LogP contribution is 2.50. The SMILES string of the molecule is CCCCCCC(CCCC)CN1C(=O)C2=C(c3ccc(-c4ccc(C=O)cc4)s3)N(CC(CCCC)CCCCCC)C(=O)C2=C1c1ccc(Br)s1. The first-order valence-corrected chi connectivity index (χ1v) is 22.8. The van der Waals surface area contributed by atoms with Gasteiger partial charge >= 0.3 is 0 Å². The molecule has 0 saturated carbocycles. The number of hydrogen-bond acceptors (Lipinski definition) is 5. The van der Waals surface area contributed by atoms with E-state index in [9.17, 15) is 4.79 Å². The van der Waals surface area contributed by atoms with Crippen LogP contribution >= 0.6 is 38.6 Å². The Labute approximate surface area is 335 Å². The Morgan fingerprint density at radius 1 is 0.566 bits per heavy atom. The predicted molar refractivity (Wildman–Crippen MR) is 228 cm³/mol. The normalized spacial score (nSPS) is 15.6. The Balaban J connectivity index is 1.61. The monoisotopic (exact) mass is 818 g/mol. The summed E-state index contributed by atoms with van der Waals surface area (Å²) in [4.78, 5) is 48.5. The van der Waals surface area contributed by atoms with E-state index in [1.807, 2.05) is 40.1 Å². The molecule has 0 aliphatic carbocycles. The van der Waals surface area contributed by atoms with Crippen molar-refractivity contribution in [2.24, 2.45) is 11.8 Å². The second kappa shape index (κ2) is 20.8. The van der Waals surface area contributed by atoms with Gasteiger partial charge in [0.05, 0.1) is 36.1 Å². The minimum Gasteiger partial charge on any atom is -0.306 e. The zero-order chi connectivity index (χ0) is 37.7. The first-order chi connectivity index (χ1) is 25.8. The Morgan fingerprint density at radius 2 is 1.02 bits per heavy atom. The molecule has 8 heteroatoms. The number of fused-ring (bicyclic) bond motifs is 1. The van der Waals surface area contributed by atoms with Crippen molar-refractivity contribution in [3.63, 3.8) is 0 Å². The number of carbonyl (C=O) groups excluding carboxylic acids is 3. The average molecular weight is 820 g/mol. The van der Waals surface area contributed by atoms with E-state index in [-0.39, 0.29) is 11.8 Å². The van der Waals surface area contributed by atoms with Crippen molar-refractivity contribution in [2.75, 3.05) is 13.1 Å². The summed E-state index contributed by atoms with van der Waals surface area (Å²) in [5.74, 6) is 0.693. The Kier molecular flexibility index (Phi) is 16.2. The predicted octanol–water partition coefficient (Wildman–Crippen LogP) is 13.4. The average Bonchev–Trinajstić information content (AvgIpc) is 3.95. The van der Waals surface area contributed by atoms with Gasteiger partial charge in [0.25, 0.3) is 11.8 Å². The zero-order valence-corrected chi connectivity index (χ0v) is 35.6. The largest absolute Gasteiger partial charge is 0.306 e. The highest BCUT2D eigenvalue weighted by Gasteiger charge is 2.50. The van der Waals surface area contributed by atoms with E-state index in [1.165, 1.54) is 44.9 Å². The molecule has 0 bridgehead atoms. The fourth-order valence-electron chi connectivity index (χ4n) is 7.92. The van der Waals surface area contributed by atoms with Crippen LogP contribution in [-0.2, 0) is 9.59 Å². The third-order valence-corrected chi connectivity index (χ3v) is 13.7. The van der Waals surface area contributed by atoms with Crippen molar-refractivity contribution in [1.29, 1.82) is 0 Å². The fourth-order valence-corrected chi connectivity index (χ4v) is 10.4. The van der Waals surface area contributed by atoms with Gasteiger partial charge in [0, 0.05) is 23.5 Å². The van der Waals surface area contributed by atoms with E-state index >= 15 is 9.59 Å². The lowest BCUT2D eigenvalue weighted by Crippen LogP contribution is -2.34. The van der Waals surface area contributed by atoms with Gasteiger partial charge in [0.2, 0.25) is 0 Å². The molecule has 2 atom stereocenters. The van der Waals surface area contributed by atoms with Gasteiger partial charge in [-0.25, -0.2) is 0 Å². The highest BCUT2D eigenvalue weighted by molar-refractivity contribution is 9.11. The summed E-state index contributed by atoms with van der Waals surface area (Å²) in [5.41, 5.74) is 4.42. The molecule has 1 aromatic carbocycles. The lowest BCUT2D eigenvalue weighted by molar-refractivity contribution is -0.124. The molecule has 0 fully saturated rings. The molecular formula is C45H59BrN2O3S2. The fraction of sp³-hybridized carbons (Fsp3) is 0.533. The van der Waals surface area contributed by atoms with Crippen LogP contribution in [0.4, 0.5) is 0 Å². The van der Waals surface area contributed by atoms with Crippen molar-refractivity contribution in [1.82, 2.24) is 9.80 Å². The van der Waals surface area contributed by atoms with Crippen LogP contribution < -0.4 is 0 Å². The topological polar surface area (TPSA) is 57.7 Å². The highest BCUT2D eigenvalue weighted by atomic mass is 79.9. The van der Waals surface area contributed by atoms with Crippen LogP contribution in [0.3, 0.4) is 0 Å². The number of aldehydes is 1. The molecule has 2 aliphatic heterocycles. The summed E-state index contributed by atoms with van der Waals surface area (Å²) in [6.07, 6.45) is 19.4. The van der Waals surface area contributed by atoms with Gasteiger partial charge in [-0.15, -0.1) is 22.7 Å². The Hall–Kier alpha value is -2.81. The molecule has 0 N–H and O–H groups in total. The maximum absolute atomic E-state index is 15.1. The van der Waals surface area contributed by atoms with E-state index in [0.29, 0.717) is 41.6 Å². The summed E-state index contributed by atoms with van der Waals surface area (Å²) < 4.78 is 0.991. The summed E-state index contributed by atoms with van der Waals surface area (Å²) >= 11 is 6.92. The summed E-state index contributed by atoms with van der Waals surface area (Å²) in [5, 5.41) is 0. The van der Waals surface area contributed by atoms with E-state index in [2.05, 4.69) is 61.8 Å². The number of nitrogens with zero attached hydrogens (tertiary/aromatic N) is 2. The summed E-state index contributed by atoms with van der Waals surface area (Å²) in [7, 11) is 0. The van der Waals surface area contributed by atoms with E-state index in [0.717, 1.165) is 99.4 Å². The van der Waals surface area contributed by atoms with Crippen LogP contribution in [0, 0.1) is 11.8 Å². The first kappa shape index (κ1) is 41.4. The number of rotatable bonds is 24. The molecule has 2 aliphatic rings. The summed E-state index contributed by atoms with van der Waals surface area (Å²) in [6, 6.07) is 15.9. The van der Waals surface area contributed by atoms with Crippen LogP contribution in [0.5, 0.6) is 0 Å². The van der Waals surface area contributed by atoms with Crippen LogP contribution in [0.25, 0.3) is 21.8 Å². The first-order valence-electron chi connectivity index (χ1n) is 20.4. The molecule has 2 amide bonds. The van der Waals surface area contributed by atoms with Crippen LogP contribution in [0.15, 0.2) is 63.5 Å². The molecule has 286 valence electrons. The molecular weight excluding hydrogens is 761 g/mol. The van der Waals surface area contributed by atoms with E-state index in [1.54, 1.807) is 22.7 Å². The Bertz CT molecular complexity index is 1740. The Morgan fingerprint density at radius 3 is 1.47 bits per heavy atom. The number of halogens is 1. The molecule has 2 unspecified atom stereocenters. The lowest BCUT2D eigenvalue weighted by Gasteiger charge is -2.29. The van der Waals surface area contributed by atoms with Crippen molar-refractivity contribution < 1.29 is 14.4 Å². The van der Waals surface area contributed by atoms with Crippen molar-refractivity contribution in [3.8, 4) is 10.4 Å². The van der Waals surface area contributed by atoms with Crippen LogP contribution in [0.1, 0.15) is 151 Å². The maximum atomic E-state index is 15.1. The van der Waals surface area contributed by atoms with Gasteiger partial charge < -0.3 is 9.80 Å². The van der Waals surface area contributed by atoms with Crippen molar-refractivity contribution in [3.05, 3.63) is 78.8 Å². The number of carbonyl (C=O) groups is 3. The smallest absolute Gasteiger partial charge is 0.261 e. The molecule has 0 radical (unpaired) electrons. The molecule has 5 rings (SSSR count). The molecule has 53 heavy (non-hydrogen) atoms. The second-order valence-electron chi connectivity index (χ2n) is 15.0. The van der Waals surface area contributed by atoms with E-state index < -0.39 is 0 Å². The van der Waals surface area contributed by atoms with Gasteiger partial charge in [-0.3, -0.25) is 14.4 Å². The number of unbranched alkanes of at least 4 members (excludes halogenated alkanes) is 8. The third-order valence-electron chi connectivity index (χ3n) is 10.9. The van der Waals surface area contributed by atoms with Gasteiger partial charge in [0.1, 0.15) is 6.29 Å². The lowest BCUT2D eigenvalue weighted by atomic mass is 9.94. The number of hydrogen-bond donors (Lipinski definition) is 0. The van der Waals surface area contributed by atoms with Crippen LogP contribution in [-0.4, -0.2) is 41.0 Å². The molecule has 4 heterocycles. The minimum atomic E-state index is -0.0289. The van der Waals surface area contributed by atoms with Gasteiger partial charge in [-0.2, -0.15) is 0 Å². The molecule has 5 nitrogen and oxygen atoms in total. The summed E-state index contributed by atoms with van der Waals surface area (Å²) in [6.45, 7) is 10.2. The molecule has 2 aromatic heterocycles. The number of amides is 2. The van der Waals surface area contributed by atoms with E-state index in [4.69, 9.17) is 0 Å². The van der Waals surface area contributed by atoms with Crippen LogP contribution in [0.2, 0.25) is 0 Å². The van der Waals surface area contributed by atoms with Gasteiger partial charge in [0.15, 0.2) is 0 Å². The number of thiophene rings is 2. The molecule has 3 aromatic rings. The van der Waals surface area contributed by atoms with Gasteiger partial charge in [-0.1, -0.05) is 129 Å². The quantitative estimate of drug-likeness (QED) is 0.0668. The standard InChI is InChI=1S/C45H59BrN2O3S2/c1-5-9-13-15-19-32(17-11-7-3)29-47-42(37-26-25-36(52-37)35-23-21-34(31-49)22-24-35)40-41(45(47)51)43(38-27-28-39(46)53-38)48(44(40)50)30-33(18-12-8-4)20-16-14-10-6-2/h21-28,31-33H,5-20,29-30H2,1-4H3. The van der Waals surface area contributed by atoms with Gasteiger partial charge in [-0.05, 0) is 83.3 Å². The minimum absolute atomic E-state index is 0.0289. The third kappa shape index (κ3) is 10.3.